The maximum Gasteiger partial charge on any atom is 0.0643 e. The predicted octanol–water partition coefficient (Wildman–Crippen LogP) is 3.92. The van der Waals surface area contributed by atoms with Crippen LogP contribution in [0.25, 0.3) is 0 Å². The molecule has 17 heavy (non-hydrogen) atoms. The highest BCUT2D eigenvalue weighted by atomic mass is 35.5. The maximum absolute atomic E-state index is 8.90. The van der Waals surface area contributed by atoms with E-state index in [4.69, 9.17) is 16.9 Å². The second kappa shape index (κ2) is 5.42. The molecule has 0 saturated carbocycles. The van der Waals surface area contributed by atoms with Gasteiger partial charge in [0.2, 0.25) is 0 Å². The van der Waals surface area contributed by atoms with Crippen molar-refractivity contribution in [3.63, 3.8) is 0 Å². The molecule has 1 aliphatic heterocycles. The minimum Gasteiger partial charge on any atom is -0.367 e. The molecule has 1 heterocycles. The standard InChI is InChI=1S/C14H17ClN2/c1-11-10-12(15)5-6-14(11)17-9-3-2-4-13(17)7-8-16/h5-6,10,13H,2-4,7,9H2,1H3. The third-order valence-corrected chi connectivity index (χ3v) is 3.66. The van der Waals surface area contributed by atoms with Crippen molar-refractivity contribution < 1.29 is 0 Å². The van der Waals surface area contributed by atoms with Crippen LogP contribution in [0.5, 0.6) is 0 Å². The predicted molar refractivity (Wildman–Crippen MR) is 71.4 cm³/mol. The summed E-state index contributed by atoms with van der Waals surface area (Å²) in [7, 11) is 0. The molecule has 0 aromatic heterocycles. The van der Waals surface area contributed by atoms with Crippen LogP contribution in [0.1, 0.15) is 31.2 Å². The van der Waals surface area contributed by atoms with E-state index in [1.54, 1.807) is 0 Å². The van der Waals surface area contributed by atoms with E-state index in [1.165, 1.54) is 24.1 Å². The second-order valence-corrected chi connectivity index (χ2v) is 5.07. The summed E-state index contributed by atoms with van der Waals surface area (Å²) in [5.41, 5.74) is 2.43. The molecule has 2 rings (SSSR count). The average Bonchev–Trinajstić information content (AvgIpc) is 2.31. The van der Waals surface area contributed by atoms with Crippen molar-refractivity contribution in [1.82, 2.24) is 0 Å². The van der Waals surface area contributed by atoms with Crippen LogP contribution in [0, 0.1) is 18.3 Å². The van der Waals surface area contributed by atoms with E-state index in [-0.39, 0.29) is 0 Å². The van der Waals surface area contributed by atoms with Crippen molar-refractivity contribution in [2.24, 2.45) is 0 Å². The van der Waals surface area contributed by atoms with Crippen LogP contribution >= 0.6 is 11.6 Å². The Morgan fingerprint density at radius 3 is 3.00 bits per heavy atom. The highest BCUT2D eigenvalue weighted by molar-refractivity contribution is 6.30. The number of rotatable bonds is 2. The molecule has 0 N–H and O–H groups in total. The van der Waals surface area contributed by atoms with Crippen molar-refractivity contribution in [2.45, 2.75) is 38.6 Å². The molecule has 90 valence electrons. The molecule has 0 spiro atoms. The van der Waals surface area contributed by atoms with E-state index in [9.17, 15) is 0 Å². The zero-order chi connectivity index (χ0) is 12.3. The van der Waals surface area contributed by atoms with Crippen molar-refractivity contribution in [3.05, 3.63) is 28.8 Å². The van der Waals surface area contributed by atoms with Gasteiger partial charge in [-0.05, 0) is 49.9 Å². The van der Waals surface area contributed by atoms with Gasteiger partial charge in [0, 0.05) is 23.3 Å². The van der Waals surface area contributed by atoms with E-state index in [1.807, 2.05) is 12.1 Å². The Morgan fingerprint density at radius 1 is 1.47 bits per heavy atom. The van der Waals surface area contributed by atoms with Crippen LogP contribution in [0.3, 0.4) is 0 Å². The molecular formula is C14H17ClN2. The minimum atomic E-state index is 0.369. The lowest BCUT2D eigenvalue weighted by Crippen LogP contribution is -2.39. The van der Waals surface area contributed by atoms with Gasteiger partial charge >= 0.3 is 0 Å². The molecule has 2 nitrogen and oxygen atoms in total. The minimum absolute atomic E-state index is 0.369. The number of anilines is 1. The van der Waals surface area contributed by atoms with Gasteiger partial charge in [-0.1, -0.05) is 11.6 Å². The van der Waals surface area contributed by atoms with E-state index < -0.39 is 0 Å². The second-order valence-electron chi connectivity index (χ2n) is 4.64. The summed E-state index contributed by atoms with van der Waals surface area (Å²) < 4.78 is 0. The Balaban J connectivity index is 2.26. The molecule has 1 unspecified atom stereocenters. The topological polar surface area (TPSA) is 27.0 Å². The molecule has 1 fully saturated rings. The van der Waals surface area contributed by atoms with Gasteiger partial charge in [0.05, 0.1) is 12.5 Å². The monoisotopic (exact) mass is 248 g/mol. The first-order chi connectivity index (χ1) is 8.22. The van der Waals surface area contributed by atoms with Crippen LogP contribution < -0.4 is 4.90 Å². The molecule has 1 aromatic rings. The van der Waals surface area contributed by atoms with Gasteiger partial charge in [0.25, 0.3) is 0 Å². The van der Waals surface area contributed by atoms with Crippen molar-refractivity contribution in [1.29, 1.82) is 5.26 Å². The Bertz CT molecular complexity index is 436. The van der Waals surface area contributed by atoms with Gasteiger partial charge in [0.1, 0.15) is 0 Å². The third-order valence-electron chi connectivity index (χ3n) is 3.42. The smallest absolute Gasteiger partial charge is 0.0643 e. The summed E-state index contributed by atoms with van der Waals surface area (Å²) in [4.78, 5) is 2.37. The first-order valence-corrected chi connectivity index (χ1v) is 6.50. The zero-order valence-electron chi connectivity index (χ0n) is 10.1. The SMILES string of the molecule is Cc1cc(Cl)ccc1N1CCCCC1CC#N. The first kappa shape index (κ1) is 12.3. The van der Waals surface area contributed by atoms with Crippen LogP contribution in [0.15, 0.2) is 18.2 Å². The highest BCUT2D eigenvalue weighted by Crippen LogP contribution is 2.30. The number of aryl methyl sites for hydroxylation is 1. The molecule has 0 radical (unpaired) electrons. The normalized spacial score (nSPS) is 20.1. The number of hydrogen-bond acceptors (Lipinski definition) is 2. The quantitative estimate of drug-likeness (QED) is 0.793. The van der Waals surface area contributed by atoms with Gasteiger partial charge in [0.15, 0.2) is 0 Å². The Kier molecular flexibility index (Phi) is 3.91. The number of benzene rings is 1. The molecule has 0 amide bonds. The number of hydrogen-bond donors (Lipinski definition) is 0. The number of nitrogens with zero attached hydrogens (tertiary/aromatic N) is 2. The maximum atomic E-state index is 8.90. The molecule has 3 heteroatoms. The average molecular weight is 249 g/mol. The fraction of sp³-hybridized carbons (Fsp3) is 0.500. The largest absolute Gasteiger partial charge is 0.367 e. The van der Waals surface area contributed by atoms with Gasteiger partial charge in [-0.2, -0.15) is 5.26 Å². The van der Waals surface area contributed by atoms with Crippen molar-refractivity contribution in [3.8, 4) is 6.07 Å². The highest BCUT2D eigenvalue weighted by Gasteiger charge is 2.23. The fourth-order valence-electron chi connectivity index (χ4n) is 2.58. The van der Waals surface area contributed by atoms with Crippen LogP contribution in [-0.2, 0) is 0 Å². The van der Waals surface area contributed by atoms with E-state index >= 15 is 0 Å². The van der Waals surface area contributed by atoms with Gasteiger partial charge in [-0.3, -0.25) is 0 Å². The molecule has 1 atom stereocenters. The molecular weight excluding hydrogens is 232 g/mol. The third kappa shape index (κ3) is 2.73. The number of halogens is 1. The number of nitriles is 1. The fourth-order valence-corrected chi connectivity index (χ4v) is 2.80. The van der Waals surface area contributed by atoms with E-state index in [0.29, 0.717) is 12.5 Å². The number of piperidine rings is 1. The summed E-state index contributed by atoms with van der Waals surface area (Å²) in [5, 5.41) is 9.68. The summed E-state index contributed by atoms with van der Waals surface area (Å²) in [6, 6.07) is 8.67. The first-order valence-electron chi connectivity index (χ1n) is 6.12. The van der Waals surface area contributed by atoms with E-state index in [2.05, 4.69) is 24.0 Å². The Morgan fingerprint density at radius 2 is 2.29 bits per heavy atom. The summed E-state index contributed by atoms with van der Waals surface area (Å²) in [5.74, 6) is 0. The van der Waals surface area contributed by atoms with E-state index in [0.717, 1.165) is 18.0 Å². The lowest BCUT2D eigenvalue weighted by atomic mass is 9.98. The van der Waals surface area contributed by atoms with Crippen molar-refractivity contribution >= 4 is 17.3 Å². The van der Waals surface area contributed by atoms with Gasteiger partial charge < -0.3 is 4.90 Å². The van der Waals surface area contributed by atoms with Gasteiger partial charge in [-0.15, -0.1) is 0 Å². The summed E-state index contributed by atoms with van der Waals surface area (Å²) in [6.07, 6.45) is 4.18. The Hall–Kier alpha value is -1.20. The summed E-state index contributed by atoms with van der Waals surface area (Å²) >= 11 is 5.98. The molecule has 1 aromatic carbocycles. The lowest BCUT2D eigenvalue weighted by Gasteiger charge is -2.37. The van der Waals surface area contributed by atoms with Crippen LogP contribution in [0.2, 0.25) is 5.02 Å². The van der Waals surface area contributed by atoms with Crippen LogP contribution in [0.4, 0.5) is 5.69 Å². The van der Waals surface area contributed by atoms with Crippen LogP contribution in [-0.4, -0.2) is 12.6 Å². The molecule has 1 saturated heterocycles. The molecule has 1 aliphatic rings. The zero-order valence-corrected chi connectivity index (χ0v) is 10.9. The van der Waals surface area contributed by atoms with Gasteiger partial charge in [-0.25, -0.2) is 0 Å². The lowest BCUT2D eigenvalue weighted by molar-refractivity contribution is 0.464. The Labute approximate surface area is 108 Å². The molecule has 0 bridgehead atoms. The summed E-state index contributed by atoms with van der Waals surface area (Å²) in [6.45, 7) is 3.13. The van der Waals surface area contributed by atoms with Crippen molar-refractivity contribution in [2.75, 3.05) is 11.4 Å². The molecule has 0 aliphatic carbocycles.